The highest BCUT2D eigenvalue weighted by atomic mass is 19.1. The molecule has 166 valence electrons. The zero-order valence-electron chi connectivity index (χ0n) is 18.3. The number of rotatable bonds is 7. The highest BCUT2D eigenvalue weighted by Crippen LogP contribution is 2.22. The number of hydrogen-bond donors (Lipinski definition) is 1. The Bertz CT molecular complexity index is 924. The van der Waals surface area contributed by atoms with Crippen LogP contribution in [0.2, 0.25) is 0 Å². The van der Waals surface area contributed by atoms with Gasteiger partial charge in [0.15, 0.2) is 5.78 Å². The third kappa shape index (κ3) is 5.82. The Labute approximate surface area is 182 Å². The van der Waals surface area contributed by atoms with E-state index in [4.69, 9.17) is 0 Å². The van der Waals surface area contributed by atoms with Crippen molar-refractivity contribution in [1.82, 2.24) is 9.80 Å². The van der Waals surface area contributed by atoms with Crippen molar-refractivity contribution in [3.8, 4) is 5.75 Å². The zero-order chi connectivity index (χ0) is 22.5. The molecule has 0 bridgehead atoms. The van der Waals surface area contributed by atoms with Gasteiger partial charge in [0.25, 0.3) is 0 Å². The molecule has 1 fully saturated rings. The number of likely N-dealkylation sites (N-methyl/N-ethyl adjacent to an activating group) is 1. The normalized spacial score (nSPS) is 15.3. The Morgan fingerprint density at radius 3 is 2.32 bits per heavy atom. The maximum atomic E-state index is 14.4. The van der Waals surface area contributed by atoms with Gasteiger partial charge < -0.3 is 14.9 Å². The van der Waals surface area contributed by atoms with E-state index >= 15 is 0 Å². The quantitative estimate of drug-likeness (QED) is 0.689. The summed E-state index contributed by atoms with van der Waals surface area (Å²) in [6.07, 6.45) is 0.785. The highest BCUT2D eigenvalue weighted by molar-refractivity contribution is 5.94. The number of anilines is 1. The number of Topliss-reactive ketones (excluding diaryl/α,β-unsaturated/α-hetero) is 1. The molecule has 0 aromatic heterocycles. The Kier molecular flexibility index (Phi) is 7.28. The topological polar surface area (TPSA) is 64.1 Å². The predicted molar refractivity (Wildman–Crippen MR) is 119 cm³/mol. The van der Waals surface area contributed by atoms with Crippen LogP contribution in [0.5, 0.6) is 5.75 Å². The third-order valence-corrected chi connectivity index (χ3v) is 5.93. The summed E-state index contributed by atoms with van der Waals surface area (Å²) in [5.41, 5.74) is 1.94. The molecule has 0 saturated carbocycles. The van der Waals surface area contributed by atoms with Crippen LogP contribution in [0.1, 0.15) is 29.8 Å². The van der Waals surface area contributed by atoms with Gasteiger partial charge in [-0.2, -0.15) is 0 Å². The van der Waals surface area contributed by atoms with Crippen LogP contribution >= 0.6 is 0 Å². The van der Waals surface area contributed by atoms with Crippen LogP contribution in [0.3, 0.4) is 0 Å². The van der Waals surface area contributed by atoms with Crippen molar-refractivity contribution in [2.24, 2.45) is 0 Å². The average molecular weight is 428 g/mol. The second kappa shape index (κ2) is 9.92. The number of amides is 1. The maximum absolute atomic E-state index is 14.4. The van der Waals surface area contributed by atoms with Crippen LogP contribution < -0.4 is 4.90 Å². The molecule has 31 heavy (non-hydrogen) atoms. The van der Waals surface area contributed by atoms with E-state index in [0.29, 0.717) is 44.0 Å². The lowest BCUT2D eigenvalue weighted by Gasteiger charge is -2.37. The van der Waals surface area contributed by atoms with E-state index in [1.807, 2.05) is 33.9 Å². The van der Waals surface area contributed by atoms with Crippen LogP contribution in [-0.4, -0.2) is 72.4 Å². The Morgan fingerprint density at radius 1 is 1.10 bits per heavy atom. The number of phenols is 1. The maximum Gasteiger partial charge on any atom is 0.236 e. The fraction of sp³-hybridized carbons (Fsp3) is 0.417. The summed E-state index contributed by atoms with van der Waals surface area (Å²) in [4.78, 5) is 29.9. The lowest BCUT2D eigenvalue weighted by atomic mass is 10.1. The first-order valence-corrected chi connectivity index (χ1v) is 10.6. The molecular formula is C24H30FN3O3. The highest BCUT2D eigenvalue weighted by Gasteiger charge is 2.24. The Balaban J connectivity index is 1.50. The van der Waals surface area contributed by atoms with Crippen LogP contribution in [0.25, 0.3) is 0 Å². The molecule has 0 radical (unpaired) electrons. The first kappa shape index (κ1) is 22.7. The minimum absolute atomic E-state index is 0.0621. The van der Waals surface area contributed by atoms with E-state index < -0.39 is 5.82 Å². The van der Waals surface area contributed by atoms with E-state index in [0.717, 1.165) is 12.0 Å². The number of halogens is 1. The van der Waals surface area contributed by atoms with Gasteiger partial charge in [0.2, 0.25) is 5.91 Å². The molecule has 0 unspecified atom stereocenters. The summed E-state index contributed by atoms with van der Waals surface area (Å²) in [5.74, 6) is -0.263. The lowest BCUT2D eigenvalue weighted by molar-refractivity contribution is -0.132. The standard InChI is InChI=1S/C24H30FN3O3/c1-17(14-19-4-7-21(30)8-5-19)26(3)16-24(31)28-12-10-27(11-13-28)23-9-6-20(18(2)29)15-22(23)25/h4-9,15,17,30H,10-14,16H2,1-3H3/t17-/m0/s1. The van der Waals surface area contributed by atoms with Crippen molar-refractivity contribution in [3.63, 3.8) is 0 Å². The summed E-state index contributed by atoms with van der Waals surface area (Å²) in [6, 6.07) is 11.9. The van der Waals surface area contributed by atoms with Gasteiger partial charge in [-0.3, -0.25) is 14.5 Å². The first-order valence-electron chi connectivity index (χ1n) is 10.6. The summed E-state index contributed by atoms with van der Waals surface area (Å²) < 4.78 is 14.4. The number of piperazine rings is 1. The van der Waals surface area contributed by atoms with E-state index in [2.05, 4.69) is 6.92 Å². The molecular weight excluding hydrogens is 397 g/mol. The molecule has 7 heteroatoms. The SMILES string of the molecule is CC(=O)c1ccc(N2CCN(C(=O)CN(C)[C@@H](C)Cc3ccc(O)cc3)CC2)c(F)c1. The molecule has 1 N–H and O–H groups in total. The van der Waals surface area contributed by atoms with Crippen molar-refractivity contribution in [2.75, 3.05) is 44.7 Å². The molecule has 1 aliphatic heterocycles. The monoisotopic (exact) mass is 427 g/mol. The number of nitrogens with zero attached hydrogens (tertiary/aromatic N) is 3. The minimum atomic E-state index is -0.407. The number of carbonyl (C=O) groups excluding carboxylic acids is 2. The van der Waals surface area contributed by atoms with E-state index in [1.165, 1.54) is 13.0 Å². The molecule has 0 aliphatic carbocycles. The molecule has 1 atom stereocenters. The predicted octanol–water partition coefficient (Wildman–Crippen LogP) is 2.95. The van der Waals surface area contributed by atoms with E-state index in [1.54, 1.807) is 24.3 Å². The number of hydrogen-bond acceptors (Lipinski definition) is 5. The molecule has 0 spiro atoms. The van der Waals surface area contributed by atoms with Crippen LogP contribution in [0.15, 0.2) is 42.5 Å². The van der Waals surface area contributed by atoms with Gasteiger partial charge in [0, 0.05) is 37.8 Å². The Hall–Kier alpha value is -2.93. The number of benzene rings is 2. The van der Waals surface area contributed by atoms with Gasteiger partial charge in [-0.05, 0) is 63.2 Å². The largest absolute Gasteiger partial charge is 0.508 e. The number of aromatic hydroxyl groups is 1. The number of carbonyl (C=O) groups is 2. The summed E-state index contributed by atoms with van der Waals surface area (Å²) >= 11 is 0. The molecule has 1 amide bonds. The van der Waals surface area contributed by atoms with Crippen molar-refractivity contribution in [3.05, 3.63) is 59.4 Å². The van der Waals surface area contributed by atoms with Crippen LogP contribution in [-0.2, 0) is 11.2 Å². The fourth-order valence-corrected chi connectivity index (χ4v) is 3.78. The van der Waals surface area contributed by atoms with Gasteiger partial charge in [0.05, 0.1) is 12.2 Å². The van der Waals surface area contributed by atoms with Gasteiger partial charge >= 0.3 is 0 Å². The van der Waals surface area contributed by atoms with E-state index in [9.17, 15) is 19.1 Å². The number of phenolic OH excluding ortho intramolecular Hbond substituents is 1. The molecule has 1 heterocycles. The van der Waals surface area contributed by atoms with Gasteiger partial charge in [-0.25, -0.2) is 4.39 Å². The smallest absolute Gasteiger partial charge is 0.236 e. The second-order valence-corrected chi connectivity index (χ2v) is 8.22. The summed E-state index contributed by atoms with van der Waals surface area (Å²) in [7, 11) is 1.94. The van der Waals surface area contributed by atoms with Gasteiger partial charge in [-0.15, -0.1) is 0 Å². The van der Waals surface area contributed by atoms with Crippen molar-refractivity contribution < 1.29 is 19.1 Å². The molecule has 6 nitrogen and oxygen atoms in total. The minimum Gasteiger partial charge on any atom is -0.508 e. The van der Waals surface area contributed by atoms with Gasteiger partial charge in [-0.1, -0.05) is 12.1 Å². The average Bonchev–Trinajstić information content (AvgIpc) is 2.75. The fourth-order valence-electron chi connectivity index (χ4n) is 3.78. The second-order valence-electron chi connectivity index (χ2n) is 8.22. The Morgan fingerprint density at radius 2 is 1.74 bits per heavy atom. The molecule has 2 aromatic rings. The van der Waals surface area contributed by atoms with Crippen molar-refractivity contribution in [1.29, 1.82) is 0 Å². The van der Waals surface area contributed by atoms with Crippen molar-refractivity contribution >= 4 is 17.4 Å². The summed E-state index contributed by atoms with van der Waals surface area (Å²) in [6.45, 7) is 5.98. The molecule has 2 aromatic carbocycles. The first-order chi connectivity index (χ1) is 14.7. The van der Waals surface area contributed by atoms with Crippen molar-refractivity contribution in [2.45, 2.75) is 26.3 Å². The van der Waals surface area contributed by atoms with E-state index in [-0.39, 0.29) is 23.5 Å². The molecule has 1 aliphatic rings. The van der Waals surface area contributed by atoms with Crippen LogP contribution in [0.4, 0.5) is 10.1 Å². The summed E-state index contributed by atoms with van der Waals surface area (Å²) in [5, 5.41) is 9.41. The molecule has 1 saturated heterocycles. The third-order valence-electron chi connectivity index (χ3n) is 5.93. The van der Waals surface area contributed by atoms with Crippen LogP contribution in [0, 0.1) is 5.82 Å². The van der Waals surface area contributed by atoms with Gasteiger partial charge in [0.1, 0.15) is 11.6 Å². The lowest BCUT2D eigenvalue weighted by Crippen LogP contribution is -2.52. The molecule has 3 rings (SSSR count). The zero-order valence-corrected chi connectivity index (χ0v) is 18.3. The number of ketones is 1.